The van der Waals surface area contributed by atoms with Gasteiger partial charge in [-0.05, 0) is 26.8 Å². The maximum absolute atomic E-state index is 11.8. The quantitative estimate of drug-likeness (QED) is 0.853. The van der Waals surface area contributed by atoms with E-state index in [4.69, 9.17) is 0 Å². The van der Waals surface area contributed by atoms with Gasteiger partial charge in [0.25, 0.3) is 0 Å². The number of nitrogens with one attached hydrogen (secondary N) is 2. The summed E-state index contributed by atoms with van der Waals surface area (Å²) >= 11 is 1.54. The third-order valence-electron chi connectivity index (χ3n) is 2.69. The van der Waals surface area contributed by atoms with E-state index in [2.05, 4.69) is 15.6 Å². The number of hydrogen-bond acceptors (Lipinski definition) is 4. The Kier molecular flexibility index (Phi) is 4.70. The summed E-state index contributed by atoms with van der Waals surface area (Å²) in [6.45, 7) is 5.70. The van der Waals surface area contributed by atoms with Crippen molar-refractivity contribution in [2.45, 2.75) is 20.3 Å². The minimum Gasteiger partial charge on any atom is -0.316 e. The van der Waals surface area contributed by atoms with Crippen LogP contribution in [-0.4, -0.2) is 24.0 Å². The maximum Gasteiger partial charge on any atom is 0.230 e. The van der Waals surface area contributed by atoms with Crippen molar-refractivity contribution in [1.29, 1.82) is 0 Å². The summed E-state index contributed by atoms with van der Waals surface area (Å²) in [5, 5.41) is 6.78. The van der Waals surface area contributed by atoms with Gasteiger partial charge in [0, 0.05) is 11.4 Å². The molecule has 0 spiro atoms. The number of carbonyl (C=O) groups is 1. The number of thiazole rings is 1. The molecule has 1 aliphatic heterocycles. The Bertz CT molecular complexity index is 355. The molecule has 1 fully saturated rings. The molecule has 0 aromatic carbocycles. The van der Waals surface area contributed by atoms with Crippen LogP contribution in [0.2, 0.25) is 0 Å². The van der Waals surface area contributed by atoms with Gasteiger partial charge in [-0.1, -0.05) is 0 Å². The minimum absolute atomic E-state index is 0. The molecule has 1 aromatic heterocycles. The zero-order valence-electron chi connectivity index (χ0n) is 9.37. The lowest BCUT2D eigenvalue weighted by molar-refractivity contribution is -0.119. The summed E-state index contributed by atoms with van der Waals surface area (Å²) in [5.74, 6) is 0.197. The number of anilines is 1. The fourth-order valence-electron chi connectivity index (χ4n) is 1.61. The maximum atomic E-state index is 11.8. The normalized spacial score (nSPS) is 19.2. The summed E-state index contributed by atoms with van der Waals surface area (Å²) in [4.78, 5) is 17.2. The third-order valence-corrected chi connectivity index (χ3v) is 3.68. The Hall–Kier alpha value is -0.650. The van der Waals surface area contributed by atoms with E-state index in [1.165, 1.54) is 11.3 Å². The molecule has 0 saturated carbocycles. The van der Waals surface area contributed by atoms with Gasteiger partial charge in [-0.25, -0.2) is 4.98 Å². The summed E-state index contributed by atoms with van der Waals surface area (Å²) in [5.41, 5.74) is 1.000. The van der Waals surface area contributed by atoms with E-state index in [9.17, 15) is 4.79 Å². The van der Waals surface area contributed by atoms with Gasteiger partial charge in [0.05, 0.1) is 11.6 Å². The third kappa shape index (κ3) is 2.93. The molecule has 2 N–H and O–H groups in total. The van der Waals surface area contributed by atoms with Gasteiger partial charge in [-0.2, -0.15) is 0 Å². The molecule has 4 nitrogen and oxygen atoms in total. The molecule has 0 bridgehead atoms. The standard InChI is InChI=1S/C10H15N3OS.ClH/c1-6-7(2)15-10(12-6)13-9(14)8-3-4-11-5-8;/h8,11H,3-5H2,1-2H3,(H,12,13,14);1H/t8-;/m1./s1. The fourth-order valence-corrected chi connectivity index (χ4v) is 2.43. The van der Waals surface area contributed by atoms with E-state index < -0.39 is 0 Å². The predicted octanol–water partition coefficient (Wildman–Crippen LogP) is 1.73. The molecule has 0 radical (unpaired) electrons. The zero-order chi connectivity index (χ0) is 10.8. The van der Waals surface area contributed by atoms with Crippen LogP contribution in [0.5, 0.6) is 0 Å². The van der Waals surface area contributed by atoms with Crippen LogP contribution in [0.4, 0.5) is 5.13 Å². The van der Waals surface area contributed by atoms with E-state index in [-0.39, 0.29) is 24.2 Å². The van der Waals surface area contributed by atoms with Gasteiger partial charge in [0.2, 0.25) is 5.91 Å². The SMILES string of the molecule is Cc1nc(NC(=O)[C@@H]2CCNC2)sc1C.Cl. The van der Waals surface area contributed by atoms with Crippen LogP contribution in [0, 0.1) is 19.8 Å². The highest BCUT2D eigenvalue weighted by atomic mass is 35.5. The Morgan fingerprint density at radius 1 is 1.56 bits per heavy atom. The highest BCUT2D eigenvalue weighted by Crippen LogP contribution is 2.22. The first-order valence-corrected chi connectivity index (χ1v) is 5.94. The summed E-state index contributed by atoms with van der Waals surface area (Å²) in [6, 6.07) is 0. The van der Waals surface area contributed by atoms with Gasteiger partial charge in [0.15, 0.2) is 5.13 Å². The molecular weight excluding hydrogens is 246 g/mol. The summed E-state index contributed by atoms with van der Waals surface area (Å²) < 4.78 is 0. The van der Waals surface area contributed by atoms with Crippen LogP contribution in [0.3, 0.4) is 0 Å². The van der Waals surface area contributed by atoms with Crippen molar-refractivity contribution in [3.63, 3.8) is 0 Å². The van der Waals surface area contributed by atoms with E-state index in [1.807, 2.05) is 13.8 Å². The lowest BCUT2D eigenvalue weighted by Crippen LogP contribution is -2.24. The van der Waals surface area contributed by atoms with Crippen molar-refractivity contribution in [3.8, 4) is 0 Å². The Labute approximate surface area is 105 Å². The summed E-state index contributed by atoms with van der Waals surface area (Å²) in [7, 11) is 0. The first-order chi connectivity index (χ1) is 7.16. The minimum atomic E-state index is 0. The van der Waals surface area contributed by atoms with Crippen molar-refractivity contribution in [2.24, 2.45) is 5.92 Å². The number of rotatable bonds is 2. The lowest BCUT2D eigenvalue weighted by Gasteiger charge is -2.06. The average Bonchev–Trinajstić information content (AvgIpc) is 2.77. The van der Waals surface area contributed by atoms with Crippen molar-refractivity contribution in [3.05, 3.63) is 10.6 Å². The van der Waals surface area contributed by atoms with Crippen molar-refractivity contribution < 1.29 is 4.79 Å². The first kappa shape index (κ1) is 13.4. The molecule has 16 heavy (non-hydrogen) atoms. The molecule has 90 valence electrons. The highest BCUT2D eigenvalue weighted by Gasteiger charge is 2.23. The van der Waals surface area contributed by atoms with Crippen molar-refractivity contribution >= 4 is 34.8 Å². The molecule has 2 rings (SSSR count). The van der Waals surface area contributed by atoms with Crippen LogP contribution in [-0.2, 0) is 4.79 Å². The van der Waals surface area contributed by atoms with E-state index >= 15 is 0 Å². The predicted molar refractivity (Wildman–Crippen MR) is 68.4 cm³/mol. The van der Waals surface area contributed by atoms with E-state index in [1.54, 1.807) is 0 Å². The van der Waals surface area contributed by atoms with Crippen LogP contribution < -0.4 is 10.6 Å². The number of aryl methyl sites for hydroxylation is 2. The smallest absolute Gasteiger partial charge is 0.230 e. The van der Waals surface area contributed by atoms with Gasteiger partial charge in [0.1, 0.15) is 0 Å². The monoisotopic (exact) mass is 261 g/mol. The Balaban J connectivity index is 0.00000128. The molecule has 1 amide bonds. The zero-order valence-corrected chi connectivity index (χ0v) is 11.0. The molecule has 2 heterocycles. The summed E-state index contributed by atoms with van der Waals surface area (Å²) in [6.07, 6.45) is 0.926. The second-order valence-electron chi connectivity index (χ2n) is 3.84. The first-order valence-electron chi connectivity index (χ1n) is 5.12. The Morgan fingerprint density at radius 3 is 2.81 bits per heavy atom. The van der Waals surface area contributed by atoms with Gasteiger partial charge in [-0.15, -0.1) is 23.7 Å². The molecule has 1 saturated heterocycles. The second kappa shape index (κ2) is 5.61. The largest absolute Gasteiger partial charge is 0.316 e. The molecular formula is C10H16ClN3OS. The highest BCUT2D eigenvalue weighted by molar-refractivity contribution is 7.15. The number of amides is 1. The lowest BCUT2D eigenvalue weighted by atomic mass is 10.1. The molecule has 6 heteroatoms. The van der Waals surface area contributed by atoms with Crippen molar-refractivity contribution in [2.75, 3.05) is 18.4 Å². The second-order valence-corrected chi connectivity index (χ2v) is 5.04. The fraction of sp³-hybridized carbons (Fsp3) is 0.600. The van der Waals surface area contributed by atoms with Crippen LogP contribution in [0.25, 0.3) is 0 Å². The Morgan fingerprint density at radius 2 is 2.31 bits per heavy atom. The number of halogens is 1. The molecule has 0 unspecified atom stereocenters. The van der Waals surface area contributed by atoms with Crippen LogP contribution in [0.15, 0.2) is 0 Å². The number of aromatic nitrogens is 1. The molecule has 0 aliphatic carbocycles. The van der Waals surface area contributed by atoms with Crippen LogP contribution in [0.1, 0.15) is 17.0 Å². The average molecular weight is 262 g/mol. The number of hydrogen-bond donors (Lipinski definition) is 2. The number of nitrogens with zero attached hydrogens (tertiary/aromatic N) is 1. The van der Waals surface area contributed by atoms with Crippen molar-refractivity contribution in [1.82, 2.24) is 10.3 Å². The van der Waals surface area contributed by atoms with Gasteiger partial charge >= 0.3 is 0 Å². The van der Waals surface area contributed by atoms with E-state index in [0.717, 1.165) is 35.2 Å². The van der Waals surface area contributed by atoms with E-state index in [0.29, 0.717) is 0 Å². The van der Waals surface area contributed by atoms with Crippen LogP contribution >= 0.6 is 23.7 Å². The topological polar surface area (TPSA) is 54.0 Å². The molecule has 1 aliphatic rings. The molecule has 1 aromatic rings. The molecule has 1 atom stereocenters. The van der Waals surface area contributed by atoms with Gasteiger partial charge < -0.3 is 10.6 Å². The number of carbonyl (C=O) groups excluding carboxylic acids is 1. The van der Waals surface area contributed by atoms with Gasteiger partial charge in [-0.3, -0.25) is 4.79 Å².